The van der Waals surface area contributed by atoms with Crippen molar-refractivity contribution in [3.8, 4) is 0 Å². The van der Waals surface area contributed by atoms with Crippen LogP contribution in [0.25, 0.3) is 0 Å². The Labute approximate surface area is 110 Å². The number of imide groups is 1. The predicted octanol–water partition coefficient (Wildman–Crippen LogP) is 1.00. The van der Waals surface area contributed by atoms with E-state index in [1.807, 2.05) is 0 Å². The van der Waals surface area contributed by atoms with E-state index in [1.165, 1.54) is 6.92 Å². The molecule has 6 nitrogen and oxygen atoms in total. The van der Waals surface area contributed by atoms with Crippen molar-refractivity contribution in [2.75, 3.05) is 12.5 Å². The summed E-state index contributed by atoms with van der Waals surface area (Å²) >= 11 is 5.77. The molecule has 0 aliphatic carbocycles. The second-order valence-corrected chi connectivity index (χ2v) is 4.06. The fraction of sp³-hybridized carbons (Fsp3) is 0.545. The number of amides is 3. The maximum Gasteiger partial charge on any atom is 0.337 e. The number of carbonyl (C=O) groups is 3. The normalized spacial score (nSPS) is 19.7. The third kappa shape index (κ3) is 2.64. The molecule has 0 bridgehead atoms. The number of ether oxygens (including phenoxy) is 1. The van der Waals surface area contributed by atoms with Gasteiger partial charge in [-0.25, -0.2) is 9.59 Å². The van der Waals surface area contributed by atoms with Crippen LogP contribution in [0.4, 0.5) is 4.79 Å². The number of alkyl halides is 1. The summed E-state index contributed by atoms with van der Waals surface area (Å²) in [5.74, 6) is -1.11. The van der Waals surface area contributed by atoms with Crippen molar-refractivity contribution in [3.63, 3.8) is 0 Å². The monoisotopic (exact) mass is 274 g/mol. The Morgan fingerprint density at radius 1 is 1.50 bits per heavy atom. The molecule has 1 rings (SSSR count). The number of halogens is 1. The maximum atomic E-state index is 11.8. The van der Waals surface area contributed by atoms with E-state index in [-0.39, 0.29) is 18.1 Å². The lowest BCUT2D eigenvalue weighted by Gasteiger charge is -2.34. The molecular formula is C11H15ClN2O4. The van der Waals surface area contributed by atoms with Gasteiger partial charge in [0.1, 0.15) is 0 Å². The Bertz CT molecular complexity index is 419. The average Bonchev–Trinajstić information content (AvgIpc) is 2.27. The van der Waals surface area contributed by atoms with E-state index >= 15 is 0 Å². The molecule has 0 radical (unpaired) electrons. The topological polar surface area (TPSA) is 75.7 Å². The number of rotatable bonds is 3. The van der Waals surface area contributed by atoms with Crippen molar-refractivity contribution in [2.24, 2.45) is 0 Å². The SMILES string of the molecule is CCOC(=O)C1=C(C)NC(=O)N(C(C)=O)C1CCl. The van der Waals surface area contributed by atoms with Gasteiger partial charge in [0.05, 0.1) is 18.2 Å². The van der Waals surface area contributed by atoms with Gasteiger partial charge in [0.2, 0.25) is 5.91 Å². The van der Waals surface area contributed by atoms with Gasteiger partial charge in [-0.05, 0) is 13.8 Å². The molecule has 3 amide bonds. The Morgan fingerprint density at radius 2 is 2.11 bits per heavy atom. The van der Waals surface area contributed by atoms with Crippen molar-refractivity contribution in [3.05, 3.63) is 11.3 Å². The van der Waals surface area contributed by atoms with E-state index in [0.29, 0.717) is 5.70 Å². The minimum Gasteiger partial charge on any atom is -0.463 e. The summed E-state index contributed by atoms with van der Waals surface area (Å²) in [5.41, 5.74) is 0.572. The lowest BCUT2D eigenvalue weighted by molar-refractivity contribution is -0.139. The fourth-order valence-electron chi connectivity index (χ4n) is 1.82. The summed E-state index contributed by atoms with van der Waals surface area (Å²) in [6, 6.07) is -1.38. The zero-order valence-electron chi connectivity index (χ0n) is 10.4. The van der Waals surface area contributed by atoms with E-state index < -0.39 is 23.9 Å². The molecule has 0 saturated heterocycles. The third-order valence-corrected chi connectivity index (χ3v) is 2.84. The molecule has 0 aromatic carbocycles. The number of urea groups is 1. The molecule has 1 N–H and O–H groups in total. The minimum absolute atomic E-state index is 0.0571. The van der Waals surface area contributed by atoms with Gasteiger partial charge < -0.3 is 10.1 Å². The Balaban J connectivity index is 3.19. The molecule has 0 saturated carbocycles. The second kappa shape index (κ2) is 5.86. The first-order valence-corrected chi connectivity index (χ1v) is 6.02. The van der Waals surface area contributed by atoms with E-state index in [1.54, 1.807) is 13.8 Å². The number of allylic oxidation sites excluding steroid dienone is 1. The summed E-state index contributed by atoms with van der Waals surface area (Å²) < 4.78 is 4.90. The summed E-state index contributed by atoms with van der Waals surface area (Å²) in [7, 11) is 0. The highest BCUT2D eigenvalue weighted by Gasteiger charge is 2.38. The Morgan fingerprint density at radius 3 is 2.56 bits per heavy atom. The molecule has 1 heterocycles. The molecule has 1 aliphatic rings. The summed E-state index contributed by atoms with van der Waals surface area (Å²) in [5, 5.41) is 2.45. The molecule has 1 aliphatic heterocycles. The molecule has 1 atom stereocenters. The summed E-state index contributed by atoms with van der Waals surface area (Å²) in [6.45, 7) is 4.69. The molecule has 0 fully saturated rings. The lowest BCUT2D eigenvalue weighted by Crippen LogP contribution is -2.55. The largest absolute Gasteiger partial charge is 0.463 e. The zero-order valence-corrected chi connectivity index (χ0v) is 11.2. The lowest BCUT2D eigenvalue weighted by atomic mass is 10.0. The molecule has 7 heteroatoms. The first-order chi connectivity index (χ1) is 8.43. The molecule has 0 aromatic heterocycles. The van der Waals surface area contributed by atoms with Crippen LogP contribution in [-0.4, -0.2) is 41.3 Å². The van der Waals surface area contributed by atoms with Gasteiger partial charge in [0.15, 0.2) is 0 Å². The molecule has 18 heavy (non-hydrogen) atoms. The highest BCUT2D eigenvalue weighted by Crippen LogP contribution is 2.22. The van der Waals surface area contributed by atoms with Crippen LogP contribution < -0.4 is 5.32 Å². The van der Waals surface area contributed by atoms with Crippen LogP contribution in [0.1, 0.15) is 20.8 Å². The van der Waals surface area contributed by atoms with Gasteiger partial charge in [0.25, 0.3) is 0 Å². The van der Waals surface area contributed by atoms with Gasteiger partial charge in [-0.2, -0.15) is 0 Å². The molecule has 0 spiro atoms. The first-order valence-electron chi connectivity index (χ1n) is 5.48. The van der Waals surface area contributed by atoms with Crippen LogP contribution in [0.15, 0.2) is 11.3 Å². The van der Waals surface area contributed by atoms with Gasteiger partial charge in [-0.15, -0.1) is 11.6 Å². The maximum absolute atomic E-state index is 11.8. The number of nitrogens with one attached hydrogen (secondary N) is 1. The standard InChI is InChI=1S/C11H15ClN2O4/c1-4-18-10(16)9-6(2)13-11(17)14(7(3)15)8(9)5-12/h8H,4-5H2,1-3H3,(H,13,17). The third-order valence-electron chi connectivity index (χ3n) is 2.54. The van der Waals surface area contributed by atoms with Gasteiger partial charge in [-0.1, -0.05) is 0 Å². The Hall–Kier alpha value is -1.56. The molecule has 0 aromatic rings. The molecule has 1 unspecified atom stereocenters. The zero-order chi connectivity index (χ0) is 13.9. The number of carbonyl (C=O) groups excluding carboxylic acids is 3. The van der Waals surface area contributed by atoms with Crippen LogP contribution >= 0.6 is 11.6 Å². The van der Waals surface area contributed by atoms with E-state index in [9.17, 15) is 14.4 Å². The van der Waals surface area contributed by atoms with Crippen molar-refractivity contribution in [2.45, 2.75) is 26.8 Å². The van der Waals surface area contributed by atoms with Gasteiger partial charge in [-0.3, -0.25) is 9.69 Å². The molecular weight excluding hydrogens is 260 g/mol. The minimum atomic E-state index is -0.794. The smallest absolute Gasteiger partial charge is 0.337 e. The number of hydrogen-bond donors (Lipinski definition) is 1. The first kappa shape index (κ1) is 14.5. The number of nitrogens with zero attached hydrogens (tertiary/aromatic N) is 1. The van der Waals surface area contributed by atoms with Gasteiger partial charge in [0, 0.05) is 18.5 Å². The van der Waals surface area contributed by atoms with E-state index in [2.05, 4.69) is 5.32 Å². The van der Waals surface area contributed by atoms with Crippen molar-refractivity contribution in [1.29, 1.82) is 0 Å². The van der Waals surface area contributed by atoms with Crippen LogP contribution in [-0.2, 0) is 14.3 Å². The van der Waals surface area contributed by atoms with Crippen molar-refractivity contribution < 1.29 is 19.1 Å². The summed E-state index contributed by atoms with van der Waals surface area (Å²) in [6.07, 6.45) is 0. The van der Waals surface area contributed by atoms with Crippen LogP contribution in [0.5, 0.6) is 0 Å². The number of esters is 1. The predicted molar refractivity (Wildman–Crippen MR) is 64.9 cm³/mol. The van der Waals surface area contributed by atoms with E-state index in [4.69, 9.17) is 16.3 Å². The van der Waals surface area contributed by atoms with Crippen molar-refractivity contribution in [1.82, 2.24) is 10.2 Å². The molecule has 100 valence electrons. The van der Waals surface area contributed by atoms with Crippen LogP contribution in [0, 0.1) is 0 Å². The van der Waals surface area contributed by atoms with E-state index in [0.717, 1.165) is 4.90 Å². The van der Waals surface area contributed by atoms with Gasteiger partial charge >= 0.3 is 12.0 Å². The highest BCUT2D eigenvalue weighted by atomic mass is 35.5. The van der Waals surface area contributed by atoms with Crippen molar-refractivity contribution >= 4 is 29.5 Å². The average molecular weight is 275 g/mol. The number of hydrogen-bond acceptors (Lipinski definition) is 4. The highest BCUT2D eigenvalue weighted by molar-refractivity contribution is 6.19. The summed E-state index contributed by atoms with van der Waals surface area (Å²) in [4.78, 5) is 35.9. The quantitative estimate of drug-likeness (QED) is 0.615. The second-order valence-electron chi connectivity index (χ2n) is 3.75. The van der Waals surface area contributed by atoms with Crippen LogP contribution in [0.2, 0.25) is 0 Å². The fourth-order valence-corrected chi connectivity index (χ4v) is 2.11. The Kier molecular flexibility index (Phi) is 4.72. The van der Waals surface area contributed by atoms with Crippen LogP contribution in [0.3, 0.4) is 0 Å².